The van der Waals surface area contributed by atoms with Crippen molar-refractivity contribution in [1.82, 2.24) is 15.1 Å². The number of aryl methyl sites for hydroxylation is 3. The van der Waals surface area contributed by atoms with Crippen LogP contribution in [-0.4, -0.2) is 16.3 Å². The summed E-state index contributed by atoms with van der Waals surface area (Å²) in [6, 6.07) is 7.01. The Balaban J connectivity index is 2.01. The lowest BCUT2D eigenvalue weighted by atomic mass is 10.1. The Morgan fingerprint density at radius 3 is 2.78 bits per heavy atom. The summed E-state index contributed by atoms with van der Waals surface area (Å²) in [6.45, 7) is 5.34. The largest absolute Gasteiger partial charge is 0.310 e. The van der Waals surface area contributed by atoms with Crippen LogP contribution in [0.2, 0.25) is 0 Å². The Hall–Kier alpha value is -1.13. The normalized spacial score (nSPS) is 12.8. The van der Waals surface area contributed by atoms with E-state index < -0.39 is 0 Å². The summed E-state index contributed by atoms with van der Waals surface area (Å²) in [5, 5.41) is 7.79. The van der Waals surface area contributed by atoms with Crippen LogP contribution in [0.5, 0.6) is 0 Å². The van der Waals surface area contributed by atoms with Gasteiger partial charge in [0.05, 0.1) is 0 Å². The first-order valence-electron chi connectivity index (χ1n) is 6.47. The van der Waals surface area contributed by atoms with Crippen LogP contribution in [0.4, 0.5) is 0 Å². The Morgan fingerprint density at radius 2 is 2.22 bits per heavy atom. The van der Waals surface area contributed by atoms with Crippen molar-refractivity contribution >= 4 is 11.3 Å². The van der Waals surface area contributed by atoms with Gasteiger partial charge < -0.3 is 5.32 Å². The van der Waals surface area contributed by atoms with Gasteiger partial charge in [-0.15, -0.1) is 11.3 Å². The van der Waals surface area contributed by atoms with Crippen molar-refractivity contribution in [2.75, 3.05) is 6.54 Å². The molecule has 2 heterocycles. The summed E-state index contributed by atoms with van der Waals surface area (Å²) >= 11 is 1.89. The summed E-state index contributed by atoms with van der Waals surface area (Å²) in [5.74, 6) is 0. The number of nitrogens with zero attached hydrogens (tertiary/aromatic N) is 2. The van der Waals surface area contributed by atoms with Crippen LogP contribution >= 0.6 is 11.3 Å². The van der Waals surface area contributed by atoms with Crippen molar-refractivity contribution in [1.29, 1.82) is 0 Å². The fourth-order valence-electron chi connectivity index (χ4n) is 2.17. The van der Waals surface area contributed by atoms with Gasteiger partial charge in [0.15, 0.2) is 0 Å². The molecular weight excluding hydrogens is 242 g/mol. The predicted octanol–water partition coefficient (Wildman–Crippen LogP) is 3.07. The molecule has 0 amide bonds. The molecule has 0 spiro atoms. The molecule has 1 N–H and O–H groups in total. The van der Waals surface area contributed by atoms with E-state index in [-0.39, 0.29) is 0 Å². The van der Waals surface area contributed by atoms with Gasteiger partial charge in [-0.25, -0.2) is 0 Å². The Bertz CT molecular complexity index is 487. The zero-order chi connectivity index (χ0) is 13.0. The maximum absolute atomic E-state index is 4.22. The molecule has 4 heteroatoms. The monoisotopic (exact) mass is 263 g/mol. The molecule has 0 aliphatic carbocycles. The number of hydrogen-bond acceptors (Lipinski definition) is 3. The lowest BCUT2D eigenvalue weighted by Crippen LogP contribution is -2.20. The van der Waals surface area contributed by atoms with Crippen molar-refractivity contribution in [3.8, 4) is 0 Å². The third-order valence-corrected chi connectivity index (χ3v) is 4.28. The van der Waals surface area contributed by atoms with Gasteiger partial charge >= 0.3 is 0 Å². The average Bonchev–Trinajstić information content (AvgIpc) is 2.94. The summed E-state index contributed by atoms with van der Waals surface area (Å²) in [5.41, 5.74) is 1.30. The number of nitrogens with one attached hydrogen (secondary N) is 1. The summed E-state index contributed by atoms with van der Waals surface area (Å²) in [6.07, 6.45) is 4.05. The van der Waals surface area contributed by atoms with Crippen LogP contribution in [0.25, 0.3) is 0 Å². The van der Waals surface area contributed by atoms with E-state index >= 15 is 0 Å². The van der Waals surface area contributed by atoms with Crippen LogP contribution in [-0.2, 0) is 13.5 Å². The first-order chi connectivity index (χ1) is 8.70. The lowest BCUT2D eigenvalue weighted by Gasteiger charge is -2.16. The van der Waals surface area contributed by atoms with E-state index in [0.717, 1.165) is 19.4 Å². The maximum atomic E-state index is 4.22. The van der Waals surface area contributed by atoms with Crippen molar-refractivity contribution in [3.05, 3.63) is 39.8 Å². The molecule has 3 nitrogen and oxygen atoms in total. The van der Waals surface area contributed by atoms with Crippen molar-refractivity contribution in [3.63, 3.8) is 0 Å². The molecule has 1 atom stereocenters. The van der Waals surface area contributed by atoms with Crippen LogP contribution in [0.15, 0.2) is 24.4 Å². The van der Waals surface area contributed by atoms with Crippen LogP contribution < -0.4 is 5.32 Å². The Labute approximate surface area is 113 Å². The lowest BCUT2D eigenvalue weighted by molar-refractivity contribution is 0.513. The second-order valence-corrected chi connectivity index (χ2v) is 5.86. The van der Waals surface area contributed by atoms with E-state index in [9.17, 15) is 0 Å². The van der Waals surface area contributed by atoms with E-state index in [0.29, 0.717) is 6.04 Å². The van der Waals surface area contributed by atoms with E-state index in [1.54, 1.807) is 0 Å². The Morgan fingerprint density at radius 1 is 1.39 bits per heavy atom. The predicted molar refractivity (Wildman–Crippen MR) is 77.0 cm³/mol. The number of rotatable bonds is 6. The van der Waals surface area contributed by atoms with Crippen molar-refractivity contribution in [2.24, 2.45) is 7.05 Å². The molecule has 98 valence electrons. The third kappa shape index (κ3) is 3.21. The molecule has 0 aliphatic rings. The molecule has 0 saturated carbocycles. The van der Waals surface area contributed by atoms with Gasteiger partial charge in [0, 0.05) is 34.7 Å². The molecule has 2 aromatic heterocycles. The number of hydrogen-bond donors (Lipinski definition) is 1. The highest BCUT2D eigenvalue weighted by Crippen LogP contribution is 2.26. The standard InChI is InChI=1S/C14H21N3S/c1-4-15-13(14-8-5-11(2)18-14)7-6-12-9-10-16-17(12)3/h5,8-10,13,15H,4,6-7H2,1-3H3. The molecule has 0 saturated heterocycles. The van der Waals surface area contributed by atoms with Gasteiger partial charge in [0.2, 0.25) is 0 Å². The maximum Gasteiger partial charge on any atom is 0.0492 e. The molecule has 0 aliphatic heterocycles. The zero-order valence-corrected chi connectivity index (χ0v) is 12.1. The topological polar surface area (TPSA) is 29.9 Å². The van der Waals surface area contributed by atoms with Crippen molar-refractivity contribution < 1.29 is 0 Å². The van der Waals surface area contributed by atoms with Crippen LogP contribution in [0, 0.1) is 6.92 Å². The molecule has 2 rings (SSSR count). The molecule has 0 aromatic carbocycles. The van der Waals surface area contributed by atoms with Gasteiger partial charge in [-0.3, -0.25) is 4.68 Å². The van der Waals surface area contributed by atoms with Gasteiger partial charge in [-0.1, -0.05) is 6.92 Å². The smallest absolute Gasteiger partial charge is 0.0492 e. The fraction of sp³-hybridized carbons (Fsp3) is 0.500. The van der Waals surface area contributed by atoms with Crippen LogP contribution in [0.3, 0.4) is 0 Å². The van der Waals surface area contributed by atoms with Crippen LogP contribution in [0.1, 0.15) is 34.8 Å². The van der Waals surface area contributed by atoms with Gasteiger partial charge in [0.1, 0.15) is 0 Å². The second-order valence-electron chi connectivity index (χ2n) is 4.54. The minimum atomic E-state index is 0.462. The quantitative estimate of drug-likeness (QED) is 0.868. The molecule has 1 unspecified atom stereocenters. The Kier molecular flexibility index (Phi) is 4.55. The summed E-state index contributed by atoms with van der Waals surface area (Å²) < 4.78 is 1.96. The molecule has 0 bridgehead atoms. The number of thiophene rings is 1. The molecular formula is C14H21N3S. The third-order valence-electron chi connectivity index (χ3n) is 3.17. The summed E-state index contributed by atoms with van der Waals surface area (Å²) in [7, 11) is 2.01. The first kappa shape index (κ1) is 13.3. The van der Waals surface area contributed by atoms with Gasteiger partial charge in [0.25, 0.3) is 0 Å². The van der Waals surface area contributed by atoms with E-state index in [2.05, 4.69) is 42.5 Å². The highest BCUT2D eigenvalue weighted by Gasteiger charge is 2.13. The number of aromatic nitrogens is 2. The highest BCUT2D eigenvalue weighted by molar-refractivity contribution is 7.12. The molecule has 2 aromatic rings. The van der Waals surface area contributed by atoms with Gasteiger partial charge in [-0.05, 0) is 44.5 Å². The van der Waals surface area contributed by atoms with Crippen molar-refractivity contribution in [2.45, 2.75) is 32.7 Å². The van der Waals surface area contributed by atoms with E-state index in [4.69, 9.17) is 0 Å². The average molecular weight is 263 g/mol. The van der Waals surface area contributed by atoms with E-state index in [1.807, 2.05) is 29.3 Å². The SMILES string of the molecule is CCNC(CCc1ccnn1C)c1ccc(C)s1. The highest BCUT2D eigenvalue weighted by atomic mass is 32.1. The first-order valence-corrected chi connectivity index (χ1v) is 7.29. The molecule has 18 heavy (non-hydrogen) atoms. The van der Waals surface area contributed by atoms with E-state index in [1.165, 1.54) is 15.4 Å². The fourth-order valence-corrected chi connectivity index (χ4v) is 3.16. The minimum Gasteiger partial charge on any atom is -0.310 e. The zero-order valence-electron chi connectivity index (χ0n) is 11.3. The molecule has 0 radical (unpaired) electrons. The van der Waals surface area contributed by atoms with Gasteiger partial charge in [-0.2, -0.15) is 5.10 Å². The second kappa shape index (κ2) is 6.16. The minimum absolute atomic E-state index is 0.462. The summed E-state index contributed by atoms with van der Waals surface area (Å²) in [4.78, 5) is 2.82. The molecule has 0 fully saturated rings.